The van der Waals surface area contributed by atoms with Crippen LogP contribution in [0.5, 0.6) is 0 Å². The van der Waals surface area contributed by atoms with Crippen LogP contribution in [0.1, 0.15) is 5.56 Å². The summed E-state index contributed by atoms with van der Waals surface area (Å²) in [5.74, 6) is 0.941. The van der Waals surface area contributed by atoms with Gasteiger partial charge in [0.1, 0.15) is 12.1 Å². The molecule has 1 N–H and O–H groups in total. The van der Waals surface area contributed by atoms with Gasteiger partial charge in [0.05, 0.1) is 18.3 Å². The van der Waals surface area contributed by atoms with E-state index in [4.69, 9.17) is 23.8 Å². The van der Waals surface area contributed by atoms with Crippen molar-refractivity contribution in [2.75, 3.05) is 36.4 Å². The Labute approximate surface area is 199 Å². The number of hydrogen-bond donors (Lipinski definition) is 1. The van der Waals surface area contributed by atoms with Crippen LogP contribution in [-0.2, 0) is 13.7 Å². The normalized spacial score (nSPS) is 14.9. The lowest BCUT2D eigenvalue weighted by Gasteiger charge is -2.35. The molecule has 1 fully saturated rings. The number of piperazine rings is 1. The van der Waals surface area contributed by atoms with E-state index in [9.17, 15) is 0 Å². The van der Waals surface area contributed by atoms with Crippen LogP contribution in [0.3, 0.4) is 0 Å². The zero-order valence-electron chi connectivity index (χ0n) is 17.7. The first-order chi connectivity index (χ1) is 15.5. The third kappa shape index (κ3) is 4.20. The van der Waals surface area contributed by atoms with Gasteiger partial charge in [0.2, 0.25) is 5.13 Å². The molecule has 1 aromatic carbocycles. The first-order valence-electron chi connectivity index (χ1n) is 10.2. The average molecular weight is 488 g/mol. The molecule has 0 spiro atoms. The lowest BCUT2D eigenvalue weighted by molar-refractivity contribution is 0.195. The van der Waals surface area contributed by atoms with Gasteiger partial charge in [0, 0.05) is 43.9 Å². The molecule has 1 saturated heterocycles. The van der Waals surface area contributed by atoms with E-state index in [1.807, 2.05) is 43.0 Å². The second-order valence-corrected chi connectivity index (χ2v) is 9.74. The Hall–Kier alpha value is -2.60. The van der Waals surface area contributed by atoms with E-state index >= 15 is 0 Å². The maximum absolute atomic E-state index is 6.23. The lowest BCUT2D eigenvalue weighted by Crippen LogP contribution is -2.47. The zero-order valence-corrected chi connectivity index (χ0v) is 20.1. The summed E-state index contributed by atoms with van der Waals surface area (Å²) >= 11 is 13.2. The first kappa shape index (κ1) is 21.3. The van der Waals surface area contributed by atoms with E-state index in [1.165, 1.54) is 11.3 Å². The third-order valence-electron chi connectivity index (χ3n) is 5.54. The van der Waals surface area contributed by atoms with Crippen molar-refractivity contribution in [2.24, 2.45) is 7.05 Å². The van der Waals surface area contributed by atoms with Crippen LogP contribution in [0.4, 0.5) is 16.6 Å². The number of anilines is 3. The average Bonchev–Trinajstić information content (AvgIpc) is 3.33. The molecule has 0 atom stereocenters. The highest BCUT2D eigenvalue weighted by Crippen LogP contribution is 2.26. The standard InChI is InChI=1S/C20H22ClN9S2/c1-13-3-4-14(9-16(13)21)25-19-26-30(20(31)32-19)12-28-5-7-29(8-6-28)18-15-10-24-27(2)17(15)22-11-23-18/h3-4,9-11H,5-8,12H2,1-2H3,(H,25,26). The van der Waals surface area contributed by atoms with Gasteiger partial charge in [-0.3, -0.25) is 9.58 Å². The van der Waals surface area contributed by atoms with Crippen LogP contribution in [0.15, 0.2) is 30.7 Å². The predicted molar refractivity (Wildman–Crippen MR) is 130 cm³/mol. The third-order valence-corrected chi connectivity index (χ3v) is 7.17. The summed E-state index contributed by atoms with van der Waals surface area (Å²) in [6.45, 7) is 6.15. The van der Waals surface area contributed by atoms with Crippen molar-refractivity contribution in [3.8, 4) is 0 Å². The smallest absolute Gasteiger partial charge is 0.209 e. The number of fused-ring (bicyclic) bond motifs is 1. The molecule has 12 heteroatoms. The van der Waals surface area contributed by atoms with Crippen LogP contribution < -0.4 is 10.2 Å². The fraction of sp³-hybridized carbons (Fsp3) is 0.350. The summed E-state index contributed by atoms with van der Waals surface area (Å²) < 4.78 is 4.38. The van der Waals surface area contributed by atoms with Crippen molar-refractivity contribution in [2.45, 2.75) is 13.6 Å². The summed E-state index contributed by atoms with van der Waals surface area (Å²) in [6, 6.07) is 5.87. The van der Waals surface area contributed by atoms with Gasteiger partial charge in [-0.2, -0.15) is 5.10 Å². The number of nitrogens with one attached hydrogen (secondary N) is 1. The summed E-state index contributed by atoms with van der Waals surface area (Å²) in [5.41, 5.74) is 2.79. The van der Waals surface area contributed by atoms with Crippen molar-refractivity contribution in [3.63, 3.8) is 0 Å². The molecule has 9 nitrogen and oxygen atoms in total. The Morgan fingerprint density at radius 1 is 1.19 bits per heavy atom. The van der Waals surface area contributed by atoms with Gasteiger partial charge in [-0.15, -0.1) is 5.10 Å². The van der Waals surface area contributed by atoms with Gasteiger partial charge in [-0.25, -0.2) is 14.6 Å². The predicted octanol–water partition coefficient (Wildman–Crippen LogP) is 3.84. The molecule has 1 aliphatic heterocycles. The summed E-state index contributed by atoms with van der Waals surface area (Å²) in [7, 11) is 1.89. The molecule has 1 aliphatic rings. The monoisotopic (exact) mass is 487 g/mol. The largest absolute Gasteiger partial charge is 0.353 e. The first-order valence-corrected chi connectivity index (χ1v) is 11.8. The molecular weight excluding hydrogens is 466 g/mol. The van der Waals surface area contributed by atoms with Crippen molar-refractivity contribution in [1.82, 2.24) is 34.4 Å². The highest BCUT2D eigenvalue weighted by atomic mass is 35.5. The molecule has 3 aromatic heterocycles. The van der Waals surface area contributed by atoms with E-state index in [2.05, 4.69) is 35.3 Å². The van der Waals surface area contributed by atoms with E-state index in [-0.39, 0.29) is 0 Å². The van der Waals surface area contributed by atoms with Gasteiger partial charge in [0.25, 0.3) is 0 Å². The van der Waals surface area contributed by atoms with Crippen LogP contribution in [0.2, 0.25) is 5.02 Å². The molecule has 4 heterocycles. The second kappa shape index (κ2) is 8.74. The van der Waals surface area contributed by atoms with Gasteiger partial charge in [-0.1, -0.05) is 29.0 Å². The van der Waals surface area contributed by atoms with Crippen LogP contribution in [-0.4, -0.2) is 60.6 Å². The Morgan fingerprint density at radius 2 is 2.00 bits per heavy atom. The maximum atomic E-state index is 6.23. The Morgan fingerprint density at radius 3 is 2.78 bits per heavy atom. The van der Waals surface area contributed by atoms with Crippen LogP contribution in [0, 0.1) is 10.9 Å². The number of nitrogens with zero attached hydrogens (tertiary/aromatic N) is 8. The van der Waals surface area contributed by atoms with Crippen molar-refractivity contribution in [1.29, 1.82) is 0 Å². The number of rotatable bonds is 5. The minimum absolute atomic E-state index is 0.658. The molecule has 0 unspecified atom stereocenters. The van der Waals surface area contributed by atoms with Gasteiger partial charge < -0.3 is 10.2 Å². The minimum Gasteiger partial charge on any atom is -0.353 e. The van der Waals surface area contributed by atoms with Crippen LogP contribution >= 0.6 is 35.2 Å². The minimum atomic E-state index is 0.658. The number of benzene rings is 1. The molecule has 32 heavy (non-hydrogen) atoms. The van der Waals surface area contributed by atoms with Crippen molar-refractivity contribution in [3.05, 3.63) is 45.3 Å². The Balaban J connectivity index is 1.23. The molecule has 0 bridgehead atoms. The molecule has 0 amide bonds. The van der Waals surface area contributed by atoms with Gasteiger partial charge in [0.15, 0.2) is 9.60 Å². The quantitative estimate of drug-likeness (QED) is 0.425. The molecule has 0 radical (unpaired) electrons. The molecule has 5 rings (SSSR count). The SMILES string of the molecule is Cc1ccc(Nc2nn(CN3CCN(c4ncnc5c4cnn5C)CC3)c(=S)s2)cc1Cl. The molecule has 0 aliphatic carbocycles. The molecular formula is C20H22ClN9S2. The highest BCUT2D eigenvalue weighted by Gasteiger charge is 2.21. The fourth-order valence-electron chi connectivity index (χ4n) is 3.73. The summed E-state index contributed by atoms with van der Waals surface area (Å²) in [4.78, 5) is 13.5. The lowest BCUT2D eigenvalue weighted by atomic mass is 10.2. The summed E-state index contributed by atoms with van der Waals surface area (Å²) in [5, 5.41) is 14.7. The number of aromatic nitrogens is 6. The fourth-order valence-corrected chi connectivity index (χ4v) is 4.93. The Kier molecular flexibility index (Phi) is 5.80. The zero-order chi connectivity index (χ0) is 22.2. The van der Waals surface area contributed by atoms with Crippen LogP contribution in [0.25, 0.3) is 11.0 Å². The van der Waals surface area contributed by atoms with E-state index in [0.717, 1.165) is 68.4 Å². The van der Waals surface area contributed by atoms with E-state index < -0.39 is 0 Å². The molecule has 0 saturated carbocycles. The summed E-state index contributed by atoms with van der Waals surface area (Å²) in [6.07, 6.45) is 3.44. The van der Waals surface area contributed by atoms with E-state index in [0.29, 0.717) is 6.67 Å². The van der Waals surface area contributed by atoms with Crippen molar-refractivity contribution < 1.29 is 0 Å². The van der Waals surface area contributed by atoms with E-state index in [1.54, 1.807) is 11.0 Å². The maximum Gasteiger partial charge on any atom is 0.209 e. The highest BCUT2D eigenvalue weighted by molar-refractivity contribution is 7.73. The molecule has 4 aromatic rings. The number of aryl methyl sites for hydroxylation is 2. The Bertz CT molecular complexity index is 1320. The topological polar surface area (TPSA) is 79.9 Å². The second-order valence-electron chi connectivity index (χ2n) is 7.71. The number of halogens is 1. The van der Waals surface area contributed by atoms with Gasteiger partial charge in [-0.05, 0) is 36.8 Å². The van der Waals surface area contributed by atoms with Gasteiger partial charge >= 0.3 is 0 Å². The number of hydrogen-bond acceptors (Lipinski definition) is 9. The molecule has 166 valence electrons. The van der Waals surface area contributed by atoms with Crippen molar-refractivity contribution >= 4 is 62.8 Å².